The fourth-order valence-corrected chi connectivity index (χ4v) is 2.97. The standard InChI is InChI=1S/C21H18O4/c1-21(2)9-8-14-10-16-19(11-18(14)25-21)24-12-17(20(16)22)13-4-6-15(23-3)7-5-13/h4-12H,1-3H3. The van der Waals surface area contributed by atoms with E-state index >= 15 is 0 Å². The predicted molar refractivity (Wildman–Crippen MR) is 98.2 cm³/mol. The number of hydrogen-bond acceptors (Lipinski definition) is 4. The largest absolute Gasteiger partial charge is 0.497 e. The summed E-state index contributed by atoms with van der Waals surface area (Å²) in [5.74, 6) is 1.47. The highest BCUT2D eigenvalue weighted by Crippen LogP contribution is 2.34. The molecule has 0 saturated heterocycles. The lowest BCUT2D eigenvalue weighted by Crippen LogP contribution is -2.27. The van der Waals surface area contributed by atoms with Crippen molar-refractivity contribution in [3.8, 4) is 22.6 Å². The molecule has 0 fully saturated rings. The molecule has 0 bridgehead atoms. The third-order valence-corrected chi connectivity index (χ3v) is 4.34. The number of methoxy groups -OCH3 is 1. The van der Waals surface area contributed by atoms with Crippen molar-refractivity contribution in [3.05, 3.63) is 64.5 Å². The Kier molecular flexibility index (Phi) is 3.42. The van der Waals surface area contributed by atoms with Gasteiger partial charge < -0.3 is 13.9 Å². The molecular formula is C21H18O4. The van der Waals surface area contributed by atoms with Gasteiger partial charge in [-0.3, -0.25) is 4.79 Å². The fourth-order valence-electron chi connectivity index (χ4n) is 2.97. The molecule has 1 aliphatic heterocycles. The van der Waals surface area contributed by atoms with Crippen molar-refractivity contribution in [2.75, 3.05) is 7.11 Å². The normalized spacial score (nSPS) is 14.8. The van der Waals surface area contributed by atoms with E-state index in [0.717, 1.165) is 22.6 Å². The highest BCUT2D eigenvalue weighted by molar-refractivity contribution is 5.86. The van der Waals surface area contributed by atoms with Crippen molar-refractivity contribution in [2.24, 2.45) is 0 Å². The van der Waals surface area contributed by atoms with Gasteiger partial charge in [0.2, 0.25) is 5.43 Å². The second-order valence-electron chi connectivity index (χ2n) is 6.63. The summed E-state index contributed by atoms with van der Waals surface area (Å²) in [6, 6.07) is 11.0. The molecule has 0 atom stereocenters. The van der Waals surface area contributed by atoms with E-state index < -0.39 is 0 Å². The van der Waals surface area contributed by atoms with Crippen LogP contribution in [0.4, 0.5) is 0 Å². The van der Waals surface area contributed by atoms with Gasteiger partial charge in [0, 0.05) is 11.6 Å². The third kappa shape index (κ3) is 2.70. The maximum Gasteiger partial charge on any atom is 0.200 e. The van der Waals surface area contributed by atoms with Gasteiger partial charge in [-0.05, 0) is 43.7 Å². The summed E-state index contributed by atoms with van der Waals surface area (Å²) in [4.78, 5) is 12.9. The van der Waals surface area contributed by atoms with Gasteiger partial charge in [-0.15, -0.1) is 0 Å². The van der Waals surface area contributed by atoms with Crippen LogP contribution < -0.4 is 14.9 Å². The van der Waals surface area contributed by atoms with E-state index in [4.69, 9.17) is 13.9 Å². The first-order valence-electron chi connectivity index (χ1n) is 8.09. The SMILES string of the molecule is COc1ccc(-c2coc3cc4c(cc3c2=O)C=CC(C)(C)O4)cc1. The van der Waals surface area contributed by atoms with Crippen molar-refractivity contribution in [2.45, 2.75) is 19.4 Å². The summed E-state index contributed by atoms with van der Waals surface area (Å²) < 4.78 is 16.8. The van der Waals surface area contributed by atoms with Crippen LogP contribution in [0.2, 0.25) is 0 Å². The molecule has 1 aromatic heterocycles. The van der Waals surface area contributed by atoms with Gasteiger partial charge in [0.05, 0.1) is 18.1 Å². The van der Waals surface area contributed by atoms with Gasteiger partial charge in [-0.1, -0.05) is 18.2 Å². The summed E-state index contributed by atoms with van der Waals surface area (Å²) in [6.07, 6.45) is 5.47. The van der Waals surface area contributed by atoms with Crippen LogP contribution in [0.15, 0.2) is 57.9 Å². The van der Waals surface area contributed by atoms with Crippen LogP contribution in [-0.2, 0) is 0 Å². The van der Waals surface area contributed by atoms with Crippen LogP contribution in [-0.4, -0.2) is 12.7 Å². The lowest BCUT2D eigenvalue weighted by atomic mass is 9.99. The summed E-state index contributed by atoms with van der Waals surface area (Å²) in [7, 11) is 1.61. The first-order valence-corrected chi connectivity index (χ1v) is 8.09. The number of ether oxygens (including phenoxy) is 2. The number of benzene rings is 2. The van der Waals surface area contributed by atoms with E-state index in [-0.39, 0.29) is 11.0 Å². The molecule has 0 N–H and O–H groups in total. The summed E-state index contributed by atoms with van der Waals surface area (Å²) in [5, 5.41) is 0.542. The summed E-state index contributed by atoms with van der Waals surface area (Å²) in [6.45, 7) is 3.97. The molecule has 4 nitrogen and oxygen atoms in total. The van der Waals surface area contributed by atoms with Crippen molar-refractivity contribution in [3.63, 3.8) is 0 Å². The molecule has 2 aromatic carbocycles. The Morgan fingerprint density at radius 2 is 1.84 bits per heavy atom. The number of hydrogen-bond donors (Lipinski definition) is 0. The molecule has 0 unspecified atom stereocenters. The third-order valence-electron chi connectivity index (χ3n) is 4.34. The van der Waals surface area contributed by atoms with Crippen LogP contribution in [0.3, 0.4) is 0 Å². The Hall–Kier alpha value is -3.01. The molecule has 0 amide bonds. The number of fused-ring (bicyclic) bond motifs is 2. The molecular weight excluding hydrogens is 316 g/mol. The van der Waals surface area contributed by atoms with E-state index in [0.29, 0.717) is 16.5 Å². The highest BCUT2D eigenvalue weighted by Gasteiger charge is 2.23. The van der Waals surface area contributed by atoms with Crippen LogP contribution in [0, 0.1) is 0 Å². The average molecular weight is 334 g/mol. The molecule has 2 heterocycles. The minimum atomic E-state index is -0.371. The van der Waals surface area contributed by atoms with E-state index in [1.54, 1.807) is 13.2 Å². The number of rotatable bonds is 2. The van der Waals surface area contributed by atoms with Crippen molar-refractivity contribution in [1.29, 1.82) is 0 Å². The summed E-state index contributed by atoms with van der Waals surface area (Å²) >= 11 is 0. The fraction of sp³-hybridized carbons (Fsp3) is 0.190. The zero-order chi connectivity index (χ0) is 17.6. The molecule has 0 spiro atoms. The maximum absolute atomic E-state index is 12.9. The molecule has 0 aliphatic carbocycles. The Labute approximate surface area is 145 Å². The molecule has 1 aliphatic rings. The quantitative estimate of drug-likeness (QED) is 0.684. The lowest BCUT2D eigenvalue weighted by molar-refractivity contribution is 0.159. The first-order chi connectivity index (χ1) is 12.0. The van der Waals surface area contributed by atoms with Crippen molar-refractivity contribution >= 4 is 17.0 Å². The van der Waals surface area contributed by atoms with Crippen molar-refractivity contribution < 1.29 is 13.9 Å². The molecule has 0 saturated carbocycles. The zero-order valence-corrected chi connectivity index (χ0v) is 14.3. The van der Waals surface area contributed by atoms with Crippen LogP contribution >= 0.6 is 0 Å². The summed E-state index contributed by atoms with van der Waals surface area (Å²) in [5.41, 5.74) is 2.29. The van der Waals surface area contributed by atoms with Gasteiger partial charge in [0.1, 0.15) is 28.9 Å². The second kappa shape index (κ2) is 5.52. The van der Waals surface area contributed by atoms with Gasteiger partial charge in [-0.2, -0.15) is 0 Å². The minimum absolute atomic E-state index is 0.0625. The molecule has 0 radical (unpaired) electrons. The smallest absolute Gasteiger partial charge is 0.200 e. The minimum Gasteiger partial charge on any atom is -0.497 e. The molecule has 3 aromatic rings. The Morgan fingerprint density at radius 1 is 1.08 bits per heavy atom. The second-order valence-corrected chi connectivity index (χ2v) is 6.63. The van der Waals surface area contributed by atoms with Gasteiger partial charge in [0.15, 0.2) is 0 Å². The monoisotopic (exact) mass is 334 g/mol. The average Bonchev–Trinajstić information content (AvgIpc) is 2.60. The van der Waals surface area contributed by atoms with E-state index in [9.17, 15) is 4.79 Å². The molecule has 4 heteroatoms. The highest BCUT2D eigenvalue weighted by atomic mass is 16.5. The van der Waals surface area contributed by atoms with Gasteiger partial charge >= 0.3 is 0 Å². The van der Waals surface area contributed by atoms with Crippen molar-refractivity contribution in [1.82, 2.24) is 0 Å². The van der Waals surface area contributed by atoms with E-state index in [1.807, 2.05) is 56.3 Å². The topological polar surface area (TPSA) is 48.7 Å². The first kappa shape index (κ1) is 15.5. The zero-order valence-electron chi connectivity index (χ0n) is 14.3. The van der Waals surface area contributed by atoms with Gasteiger partial charge in [-0.25, -0.2) is 0 Å². The van der Waals surface area contributed by atoms with E-state index in [1.165, 1.54) is 6.26 Å². The van der Waals surface area contributed by atoms with Crippen LogP contribution in [0.25, 0.3) is 28.2 Å². The Bertz CT molecular complexity index is 1040. The predicted octanol–water partition coefficient (Wildman–Crippen LogP) is 4.65. The molecule has 126 valence electrons. The van der Waals surface area contributed by atoms with E-state index in [2.05, 4.69) is 0 Å². The Balaban J connectivity index is 1.87. The molecule has 25 heavy (non-hydrogen) atoms. The van der Waals surface area contributed by atoms with Crippen LogP contribution in [0.5, 0.6) is 11.5 Å². The molecule has 4 rings (SSSR count). The Morgan fingerprint density at radius 3 is 2.56 bits per heavy atom. The van der Waals surface area contributed by atoms with Crippen LogP contribution in [0.1, 0.15) is 19.4 Å². The maximum atomic E-state index is 12.9. The van der Waals surface area contributed by atoms with Gasteiger partial charge in [0.25, 0.3) is 0 Å². The lowest BCUT2D eigenvalue weighted by Gasteiger charge is -2.27.